The molecule has 2 heterocycles. The number of hydrogen-bond donors (Lipinski definition) is 1. The molecule has 0 radical (unpaired) electrons. The van der Waals surface area contributed by atoms with E-state index in [-0.39, 0.29) is 10.9 Å². The van der Waals surface area contributed by atoms with Crippen molar-refractivity contribution in [2.24, 2.45) is 0 Å². The monoisotopic (exact) mass is 368 g/mol. The van der Waals surface area contributed by atoms with E-state index < -0.39 is 0 Å². The highest BCUT2D eigenvalue weighted by molar-refractivity contribution is 5.75. The highest BCUT2D eigenvalue weighted by Crippen LogP contribution is 2.25. The van der Waals surface area contributed by atoms with Crippen molar-refractivity contribution < 1.29 is 0 Å². The number of piperazine rings is 1. The van der Waals surface area contributed by atoms with Gasteiger partial charge in [0, 0.05) is 44.5 Å². The topological polar surface area (TPSA) is 55.9 Å². The zero-order chi connectivity index (χ0) is 18.8. The molecule has 0 aliphatic carbocycles. The Labute approximate surface area is 160 Å². The molecule has 144 valence electrons. The number of likely N-dealkylation sites (N-methyl/N-ethyl adjacent to an activating group) is 1. The van der Waals surface area contributed by atoms with E-state index in [1.165, 1.54) is 12.1 Å². The molecule has 0 amide bonds. The lowest BCUT2D eigenvalue weighted by Crippen LogP contribution is -2.52. The first-order chi connectivity index (χ1) is 13.2. The molecule has 2 aromatic carbocycles. The van der Waals surface area contributed by atoms with Gasteiger partial charge in [0.15, 0.2) is 0 Å². The lowest BCUT2D eigenvalue weighted by atomic mass is 10.1. The van der Waals surface area contributed by atoms with E-state index in [1.54, 1.807) is 0 Å². The van der Waals surface area contributed by atoms with Gasteiger partial charge in [0.1, 0.15) is 11.4 Å². The first-order valence-corrected chi connectivity index (χ1v) is 10.0. The maximum absolute atomic E-state index is 12.2. The maximum atomic E-state index is 12.2. The number of likely N-dealkylation sites (tertiary alicyclic amines) is 1. The van der Waals surface area contributed by atoms with Gasteiger partial charge in [0.25, 0.3) is 10.9 Å². The van der Waals surface area contributed by atoms with Gasteiger partial charge >= 0.3 is 0 Å². The van der Waals surface area contributed by atoms with Crippen molar-refractivity contribution in [1.82, 2.24) is 4.90 Å². The number of anilines is 3. The van der Waals surface area contributed by atoms with Gasteiger partial charge in [-0.15, -0.1) is 0 Å². The Morgan fingerprint density at radius 2 is 1.67 bits per heavy atom. The van der Waals surface area contributed by atoms with Gasteiger partial charge in [-0.05, 0) is 38.1 Å². The molecule has 27 heavy (non-hydrogen) atoms. The number of hydrogen-bond acceptors (Lipinski definition) is 6. The van der Waals surface area contributed by atoms with Gasteiger partial charge in [0.2, 0.25) is 0 Å². The number of nitrogens with one attached hydrogen (secondary N) is 1. The standard InChI is InChI=1S/C21H28N4O2/c1-2-23-10-6-9-17(23)15-22-18-19(21(27)20(18)26)25-13-11-24(12-14-25)16-7-4-3-5-8-16/h3-5,7-8,17,22H,2,6,9-15H2,1H3/t17-/m0/s1. The second-order valence-corrected chi connectivity index (χ2v) is 7.50. The van der Waals surface area contributed by atoms with Gasteiger partial charge in [-0.25, -0.2) is 0 Å². The molecule has 2 aromatic rings. The second-order valence-electron chi connectivity index (χ2n) is 7.50. The van der Waals surface area contributed by atoms with Crippen molar-refractivity contribution in [2.75, 3.05) is 60.9 Å². The lowest BCUT2D eigenvalue weighted by Gasteiger charge is -2.38. The predicted molar refractivity (Wildman–Crippen MR) is 111 cm³/mol. The van der Waals surface area contributed by atoms with E-state index in [0.29, 0.717) is 17.4 Å². The van der Waals surface area contributed by atoms with Crippen LogP contribution in [0.1, 0.15) is 19.8 Å². The van der Waals surface area contributed by atoms with Gasteiger partial charge in [-0.2, -0.15) is 0 Å². The van der Waals surface area contributed by atoms with E-state index in [1.807, 2.05) is 18.2 Å². The summed E-state index contributed by atoms with van der Waals surface area (Å²) in [6.07, 6.45) is 2.36. The van der Waals surface area contributed by atoms with Crippen LogP contribution in [0, 0.1) is 0 Å². The molecule has 2 saturated heterocycles. The average Bonchev–Trinajstić information content (AvgIpc) is 3.19. The van der Waals surface area contributed by atoms with E-state index in [4.69, 9.17) is 0 Å². The Bertz CT molecular complexity index is 836. The van der Waals surface area contributed by atoms with Crippen molar-refractivity contribution in [3.05, 3.63) is 50.8 Å². The van der Waals surface area contributed by atoms with Gasteiger partial charge in [-0.3, -0.25) is 14.5 Å². The molecule has 0 saturated carbocycles. The zero-order valence-electron chi connectivity index (χ0n) is 16.0. The molecule has 2 aliphatic heterocycles. The lowest BCUT2D eigenvalue weighted by molar-refractivity contribution is 0.277. The summed E-state index contributed by atoms with van der Waals surface area (Å²) in [5, 5.41) is 3.31. The van der Waals surface area contributed by atoms with Crippen LogP contribution < -0.4 is 26.0 Å². The van der Waals surface area contributed by atoms with Crippen LogP contribution in [0.25, 0.3) is 0 Å². The number of benzene rings is 1. The highest BCUT2D eigenvalue weighted by atomic mass is 16.2. The molecular weight excluding hydrogens is 340 g/mol. The SMILES string of the molecule is CCN1CCC[C@H]1CNc1c(N2CCN(c3ccccc3)CC2)c(=O)c1=O. The largest absolute Gasteiger partial charge is 0.378 e. The molecule has 1 N–H and O–H groups in total. The Hall–Kier alpha value is -2.34. The summed E-state index contributed by atoms with van der Waals surface area (Å²) in [5.74, 6) is 0. The third-order valence-corrected chi connectivity index (χ3v) is 6.02. The van der Waals surface area contributed by atoms with E-state index >= 15 is 0 Å². The summed E-state index contributed by atoms with van der Waals surface area (Å²) in [7, 11) is 0. The number of para-hydroxylation sites is 1. The van der Waals surface area contributed by atoms with E-state index in [9.17, 15) is 9.59 Å². The van der Waals surface area contributed by atoms with Gasteiger partial charge in [0.05, 0.1) is 0 Å². The highest BCUT2D eigenvalue weighted by Gasteiger charge is 2.30. The fourth-order valence-electron chi connectivity index (χ4n) is 4.43. The van der Waals surface area contributed by atoms with Crippen molar-refractivity contribution in [1.29, 1.82) is 0 Å². The molecule has 0 aromatic heterocycles. The van der Waals surface area contributed by atoms with Crippen LogP contribution in [0.3, 0.4) is 0 Å². The zero-order valence-corrected chi connectivity index (χ0v) is 16.0. The van der Waals surface area contributed by atoms with E-state index in [0.717, 1.165) is 52.2 Å². The fraction of sp³-hybridized carbons (Fsp3) is 0.524. The van der Waals surface area contributed by atoms with Crippen molar-refractivity contribution >= 4 is 17.1 Å². The van der Waals surface area contributed by atoms with Crippen LogP contribution in [0.15, 0.2) is 39.9 Å². The Morgan fingerprint density at radius 1 is 0.963 bits per heavy atom. The Morgan fingerprint density at radius 3 is 2.37 bits per heavy atom. The van der Waals surface area contributed by atoms with Crippen LogP contribution in [-0.2, 0) is 0 Å². The summed E-state index contributed by atoms with van der Waals surface area (Å²) in [5.41, 5.74) is 1.67. The molecule has 4 rings (SSSR count). The molecule has 2 fully saturated rings. The molecule has 0 spiro atoms. The predicted octanol–water partition coefficient (Wildman–Crippen LogP) is 1.51. The van der Waals surface area contributed by atoms with Gasteiger partial charge < -0.3 is 15.1 Å². The summed E-state index contributed by atoms with van der Waals surface area (Å²) in [6, 6.07) is 10.8. The van der Waals surface area contributed by atoms with Crippen LogP contribution >= 0.6 is 0 Å². The molecule has 6 nitrogen and oxygen atoms in total. The molecule has 0 bridgehead atoms. The molecule has 1 atom stereocenters. The molecular formula is C21H28N4O2. The Balaban J connectivity index is 1.39. The summed E-state index contributed by atoms with van der Waals surface area (Å²) < 4.78 is 0. The first kappa shape index (κ1) is 18.0. The van der Waals surface area contributed by atoms with Crippen LogP contribution in [0.4, 0.5) is 17.1 Å². The van der Waals surface area contributed by atoms with Crippen molar-refractivity contribution in [3.8, 4) is 0 Å². The second kappa shape index (κ2) is 7.72. The third kappa shape index (κ3) is 3.46. The quantitative estimate of drug-likeness (QED) is 0.780. The summed E-state index contributed by atoms with van der Waals surface area (Å²) in [6.45, 7) is 8.32. The summed E-state index contributed by atoms with van der Waals surface area (Å²) in [4.78, 5) is 31.2. The van der Waals surface area contributed by atoms with Gasteiger partial charge in [-0.1, -0.05) is 25.1 Å². The van der Waals surface area contributed by atoms with Crippen LogP contribution in [0.5, 0.6) is 0 Å². The fourth-order valence-corrected chi connectivity index (χ4v) is 4.43. The normalized spacial score (nSPS) is 21.1. The minimum absolute atomic E-state index is 0.329. The molecule has 0 unspecified atom stereocenters. The maximum Gasteiger partial charge on any atom is 0.253 e. The first-order valence-electron chi connectivity index (χ1n) is 10.0. The van der Waals surface area contributed by atoms with Crippen molar-refractivity contribution in [3.63, 3.8) is 0 Å². The van der Waals surface area contributed by atoms with Crippen molar-refractivity contribution in [2.45, 2.75) is 25.8 Å². The summed E-state index contributed by atoms with van der Waals surface area (Å²) >= 11 is 0. The van der Waals surface area contributed by atoms with E-state index in [2.05, 4.69) is 39.1 Å². The number of rotatable bonds is 6. The van der Waals surface area contributed by atoms with Crippen LogP contribution in [0.2, 0.25) is 0 Å². The smallest absolute Gasteiger partial charge is 0.253 e. The molecule has 6 heteroatoms. The number of nitrogens with zero attached hydrogens (tertiary/aromatic N) is 3. The minimum Gasteiger partial charge on any atom is -0.378 e. The molecule has 2 aliphatic rings. The van der Waals surface area contributed by atoms with Crippen LogP contribution in [-0.4, -0.2) is 56.8 Å². The Kier molecular flexibility index (Phi) is 5.16. The third-order valence-electron chi connectivity index (χ3n) is 6.02. The minimum atomic E-state index is -0.350. The average molecular weight is 368 g/mol.